The summed E-state index contributed by atoms with van der Waals surface area (Å²) < 4.78 is 48.3. The number of alkyl halides is 3. The van der Waals surface area contributed by atoms with Crippen molar-refractivity contribution < 1.29 is 13.2 Å². The number of rotatable bonds is 5. The first-order valence-corrected chi connectivity index (χ1v) is 19.0. The molecule has 0 aliphatic heterocycles. The summed E-state index contributed by atoms with van der Waals surface area (Å²) in [6.45, 7) is 16.0. The van der Waals surface area contributed by atoms with Crippen molar-refractivity contribution >= 4 is 55.0 Å². The number of halogens is 3. The molecule has 0 aliphatic rings. The standard InChI is InChI=1S/C52H28F3N5/c1-57-37-14-10-13-34(26-37)36-22-24-48-43(28-36)39-16-4-7-19-46(39)59(48)50-29-41(38-15-3-6-18-44(38)52(53,54)55)45(58-2)30-51(50)60-47-20-8-5-17-40(47)42-27-35(21-23-49(42)60)33-12-9-11-32(25-33)31-56/h3-30H. The fourth-order valence-electron chi connectivity index (χ4n) is 8.54. The van der Waals surface area contributed by atoms with Crippen LogP contribution in [-0.2, 0) is 6.18 Å². The molecule has 2 heterocycles. The fourth-order valence-corrected chi connectivity index (χ4v) is 8.54. The van der Waals surface area contributed by atoms with Crippen LogP contribution in [0.25, 0.3) is 98.1 Å². The van der Waals surface area contributed by atoms with Crippen LogP contribution in [0.4, 0.5) is 24.5 Å². The Balaban J connectivity index is 1.32. The summed E-state index contributed by atoms with van der Waals surface area (Å²) in [6.07, 6.45) is -4.67. The summed E-state index contributed by atoms with van der Waals surface area (Å²) in [5.74, 6) is 0. The number of fused-ring (bicyclic) bond motifs is 6. The van der Waals surface area contributed by atoms with E-state index in [1.165, 1.54) is 12.1 Å². The molecule has 8 heteroatoms. The van der Waals surface area contributed by atoms with E-state index in [-0.39, 0.29) is 16.8 Å². The minimum absolute atomic E-state index is 0.0732. The molecule has 0 saturated heterocycles. The second kappa shape index (κ2) is 13.9. The van der Waals surface area contributed by atoms with Crippen LogP contribution in [0.5, 0.6) is 0 Å². The Bertz CT molecular complexity index is 3530. The number of nitriles is 1. The monoisotopic (exact) mass is 779 g/mol. The minimum Gasteiger partial charge on any atom is -0.308 e. The van der Waals surface area contributed by atoms with Gasteiger partial charge in [0, 0.05) is 21.5 Å². The Morgan fingerprint density at radius 2 is 1.00 bits per heavy atom. The van der Waals surface area contributed by atoms with Gasteiger partial charge in [-0.1, -0.05) is 97.1 Å². The van der Waals surface area contributed by atoms with E-state index in [0.29, 0.717) is 22.6 Å². The third-order valence-electron chi connectivity index (χ3n) is 11.2. The van der Waals surface area contributed by atoms with Gasteiger partial charge in [0.2, 0.25) is 0 Å². The van der Waals surface area contributed by atoms with Crippen molar-refractivity contribution in [3.63, 3.8) is 0 Å². The number of hydrogen-bond acceptors (Lipinski definition) is 1. The molecule has 0 radical (unpaired) electrons. The van der Waals surface area contributed by atoms with E-state index in [0.717, 1.165) is 71.9 Å². The van der Waals surface area contributed by atoms with Gasteiger partial charge in [0.05, 0.1) is 63.8 Å². The molecule has 0 spiro atoms. The van der Waals surface area contributed by atoms with Crippen molar-refractivity contribution in [2.24, 2.45) is 0 Å². The maximum absolute atomic E-state index is 14.7. The molecule has 0 unspecified atom stereocenters. The van der Waals surface area contributed by atoms with Gasteiger partial charge in [-0.25, -0.2) is 9.69 Å². The maximum atomic E-state index is 14.7. The van der Waals surface area contributed by atoms with Crippen LogP contribution in [0, 0.1) is 24.5 Å². The highest BCUT2D eigenvalue weighted by Crippen LogP contribution is 2.46. The van der Waals surface area contributed by atoms with E-state index < -0.39 is 11.7 Å². The second-order valence-corrected chi connectivity index (χ2v) is 14.5. The van der Waals surface area contributed by atoms with E-state index in [1.807, 2.05) is 109 Å². The van der Waals surface area contributed by atoms with Gasteiger partial charge in [-0.15, -0.1) is 0 Å². The quantitative estimate of drug-likeness (QED) is 0.160. The van der Waals surface area contributed by atoms with Gasteiger partial charge in [0.25, 0.3) is 0 Å². The van der Waals surface area contributed by atoms with Crippen LogP contribution >= 0.6 is 0 Å². The molecular weight excluding hydrogens is 752 g/mol. The molecule has 60 heavy (non-hydrogen) atoms. The Morgan fingerprint density at radius 3 is 1.60 bits per heavy atom. The first-order valence-electron chi connectivity index (χ1n) is 19.0. The summed E-state index contributed by atoms with van der Waals surface area (Å²) in [5.41, 5.74) is 8.52. The van der Waals surface area contributed by atoms with Gasteiger partial charge in [-0.05, 0) is 106 Å². The third kappa shape index (κ3) is 5.77. The van der Waals surface area contributed by atoms with E-state index in [4.69, 9.17) is 13.1 Å². The SMILES string of the molecule is [C-]#[N+]c1cccc(-c2ccc3c(c2)c2ccccc2n3-c2cc(-c3ccccc3C(F)(F)F)c([N+]#[C-])cc2-n2c3ccccc3c3cc(-c4cccc(C#N)c4)ccc32)c1. The van der Waals surface area contributed by atoms with Crippen molar-refractivity contribution in [3.05, 3.63) is 204 Å². The Morgan fingerprint density at radius 1 is 0.467 bits per heavy atom. The lowest BCUT2D eigenvalue weighted by Gasteiger charge is -2.21. The highest BCUT2D eigenvalue weighted by atomic mass is 19.4. The predicted molar refractivity (Wildman–Crippen MR) is 234 cm³/mol. The highest BCUT2D eigenvalue weighted by Gasteiger charge is 2.34. The summed E-state index contributed by atoms with van der Waals surface area (Å²) in [5, 5.41) is 13.3. The largest absolute Gasteiger partial charge is 0.416 e. The van der Waals surface area contributed by atoms with E-state index in [1.54, 1.807) is 30.3 Å². The van der Waals surface area contributed by atoms with E-state index in [9.17, 15) is 18.4 Å². The zero-order valence-electron chi connectivity index (χ0n) is 31.5. The molecular formula is C52H28F3N5. The summed E-state index contributed by atoms with van der Waals surface area (Å²) in [7, 11) is 0. The van der Waals surface area contributed by atoms with Crippen molar-refractivity contribution in [3.8, 4) is 50.8 Å². The lowest BCUT2D eigenvalue weighted by molar-refractivity contribution is -0.137. The molecule has 0 aliphatic carbocycles. The predicted octanol–water partition coefficient (Wildman–Crippen LogP) is 14.9. The molecule has 8 aromatic carbocycles. The molecule has 10 aromatic rings. The van der Waals surface area contributed by atoms with Gasteiger partial charge >= 0.3 is 6.18 Å². The zero-order valence-corrected chi connectivity index (χ0v) is 31.5. The lowest BCUT2D eigenvalue weighted by atomic mass is 9.96. The Hall–Kier alpha value is -8.38. The van der Waals surface area contributed by atoms with Crippen LogP contribution in [-0.4, -0.2) is 9.13 Å². The number of para-hydroxylation sites is 2. The van der Waals surface area contributed by atoms with Gasteiger partial charge < -0.3 is 9.13 Å². The Labute approximate surface area is 342 Å². The smallest absolute Gasteiger partial charge is 0.308 e. The van der Waals surface area contributed by atoms with Gasteiger partial charge in [-0.2, -0.15) is 18.4 Å². The third-order valence-corrected chi connectivity index (χ3v) is 11.2. The number of benzene rings is 8. The van der Waals surface area contributed by atoms with Gasteiger partial charge in [0.1, 0.15) is 0 Å². The number of aromatic nitrogens is 2. The topological polar surface area (TPSA) is 42.4 Å². The first-order chi connectivity index (χ1) is 29.2. The molecule has 0 fully saturated rings. The van der Waals surface area contributed by atoms with Crippen LogP contribution in [0.15, 0.2) is 170 Å². The average molecular weight is 780 g/mol. The molecule has 0 atom stereocenters. The van der Waals surface area contributed by atoms with Gasteiger partial charge in [-0.3, -0.25) is 0 Å². The molecule has 0 bridgehead atoms. The van der Waals surface area contributed by atoms with Crippen molar-refractivity contribution in [2.45, 2.75) is 6.18 Å². The number of nitrogens with zero attached hydrogens (tertiary/aromatic N) is 5. The molecule has 2 aromatic heterocycles. The van der Waals surface area contributed by atoms with Crippen LogP contribution in [0.2, 0.25) is 0 Å². The van der Waals surface area contributed by atoms with Crippen molar-refractivity contribution in [1.29, 1.82) is 5.26 Å². The summed E-state index contributed by atoms with van der Waals surface area (Å²) in [6, 6.07) is 54.1. The van der Waals surface area contributed by atoms with Crippen LogP contribution in [0.3, 0.4) is 0 Å². The van der Waals surface area contributed by atoms with Crippen LogP contribution < -0.4 is 0 Å². The van der Waals surface area contributed by atoms with Crippen LogP contribution in [0.1, 0.15) is 11.1 Å². The minimum atomic E-state index is -4.67. The normalized spacial score (nSPS) is 11.5. The number of hydrogen-bond donors (Lipinski definition) is 0. The first kappa shape index (κ1) is 36.0. The lowest BCUT2D eigenvalue weighted by Crippen LogP contribution is -2.08. The molecule has 5 nitrogen and oxygen atoms in total. The molecule has 282 valence electrons. The molecule has 0 N–H and O–H groups in total. The van der Waals surface area contributed by atoms with Crippen molar-refractivity contribution in [1.82, 2.24) is 9.13 Å². The second-order valence-electron chi connectivity index (χ2n) is 14.5. The summed E-state index contributed by atoms with van der Waals surface area (Å²) in [4.78, 5) is 7.52. The van der Waals surface area contributed by atoms with E-state index >= 15 is 0 Å². The van der Waals surface area contributed by atoms with Crippen molar-refractivity contribution in [2.75, 3.05) is 0 Å². The fraction of sp³-hybridized carbons (Fsp3) is 0.0192. The molecule has 0 amide bonds. The highest BCUT2D eigenvalue weighted by molar-refractivity contribution is 6.13. The zero-order chi connectivity index (χ0) is 41.1. The van der Waals surface area contributed by atoms with E-state index in [2.05, 4.69) is 37.0 Å². The average Bonchev–Trinajstić information content (AvgIpc) is 3.80. The maximum Gasteiger partial charge on any atom is 0.416 e. The Kier molecular flexibility index (Phi) is 8.35. The van der Waals surface area contributed by atoms with Gasteiger partial charge in [0.15, 0.2) is 11.4 Å². The molecule has 0 saturated carbocycles. The summed E-state index contributed by atoms with van der Waals surface area (Å²) >= 11 is 0. The molecule has 10 rings (SSSR count).